The van der Waals surface area contributed by atoms with Crippen LogP contribution in [0.5, 0.6) is 0 Å². The Bertz CT molecular complexity index is 663. The Labute approximate surface area is 131 Å². The Kier molecular flexibility index (Phi) is 4.43. The van der Waals surface area contributed by atoms with Crippen molar-refractivity contribution in [2.75, 3.05) is 11.1 Å². The smallest absolute Gasteiger partial charge is 0.255 e. The number of rotatable bonds is 2. The number of carbonyl (C=O) groups excluding carboxylic acids is 1. The minimum Gasteiger partial charge on any atom is -0.397 e. The van der Waals surface area contributed by atoms with E-state index in [9.17, 15) is 4.79 Å². The maximum absolute atomic E-state index is 12.2. The first-order valence-electron chi connectivity index (χ1n) is 5.70. The molecule has 0 aromatic heterocycles. The molecule has 1 amide bonds. The molecule has 2 aromatic carbocycles. The minimum atomic E-state index is -0.319. The molecule has 2 rings (SSSR count). The Balaban J connectivity index is 2.28. The fraction of sp³-hybridized carbons (Fsp3) is 0.0714. The molecule has 6 heteroatoms. The van der Waals surface area contributed by atoms with Crippen molar-refractivity contribution in [3.05, 3.63) is 56.5 Å². The van der Waals surface area contributed by atoms with E-state index in [1.807, 2.05) is 6.92 Å². The maximum atomic E-state index is 12.2. The molecule has 0 aliphatic heterocycles. The van der Waals surface area contributed by atoms with Crippen LogP contribution in [0.25, 0.3) is 0 Å². The van der Waals surface area contributed by atoms with Gasteiger partial charge < -0.3 is 11.1 Å². The van der Waals surface area contributed by atoms with Crippen LogP contribution < -0.4 is 11.1 Å². The summed E-state index contributed by atoms with van der Waals surface area (Å²) < 4.78 is 0. The second-order valence-electron chi connectivity index (χ2n) is 4.27. The summed E-state index contributed by atoms with van der Waals surface area (Å²) >= 11 is 17.6. The molecule has 0 spiro atoms. The van der Waals surface area contributed by atoms with Gasteiger partial charge in [-0.15, -0.1) is 0 Å². The predicted octanol–water partition coefficient (Wildman–Crippen LogP) is 4.79. The van der Waals surface area contributed by atoms with Crippen LogP contribution >= 0.6 is 34.8 Å². The summed E-state index contributed by atoms with van der Waals surface area (Å²) in [7, 11) is 0. The number of hydrogen-bond acceptors (Lipinski definition) is 2. The van der Waals surface area contributed by atoms with Crippen LogP contribution in [0.4, 0.5) is 11.4 Å². The lowest BCUT2D eigenvalue weighted by Gasteiger charge is -2.10. The zero-order valence-corrected chi connectivity index (χ0v) is 12.8. The largest absolute Gasteiger partial charge is 0.397 e. The lowest BCUT2D eigenvalue weighted by molar-refractivity contribution is 0.102. The highest BCUT2D eigenvalue weighted by Crippen LogP contribution is 2.30. The number of halogens is 3. The maximum Gasteiger partial charge on any atom is 0.255 e. The lowest BCUT2D eigenvalue weighted by Crippen LogP contribution is -2.13. The summed E-state index contributed by atoms with van der Waals surface area (Å²) in [5, 5.41) is 3.87. The Hall–Kier alpha value is -1.42. The molecule has 3 N–H and O–H groups in total. The molecular formula is C14H11Cl3N2O. The van der Waals surface area contributed by atoms with Crippen LogP contribution in [-0.2, 0) is 0 Å². The first-order valence-corrected chi connectivity index (χ1v) is 6.84. The monoisotopic (exact) mass is 328 g/mol. The average molecular weight is 330 g/mol. The first-order chi connectivity index (χ1) is 9.38. The van der Waals surface area contributed by atoms with Crippen LogP contribution in [0.3, 0.4) is 0 Å². The number of anilines is 2. The molecule has 0 unspecified atom stereocenters. The fourth-order valence-corrected chi connectivity index (χ4v) is 2.27. The van der Waals surface area contributed by atoms with E-state index >= 15 is 0 Å². The zero-order chi connectivity index (χ0) is 14.9. The van der Waals surface area contributed by atoms with E-state index in [0.29, 0.717) is 16.3 Å². The minimum absolute atomic E-state index is 0.240. The average Bonchev–Trinajstić information content (AvgIpc) is 2.38. The zero-order valence-electron chi connectivity index (χ0n) is 10.5. The molecule has 0 saturated heterocycles. The van der Waals surface area contributed by atoms with Crippen LogP contribution in [0.1, 0.15) is 15.9 Å². The normalized spacial score (nSPS) is 10.4. The first kappa shape index (κ1) is 15.0. The predicted molar refractivity (Wildman–Crippen MR) is 85.0 cm³/mol. The van der Waals surface area contributed by atoms with E-state index in [-0.39, 0.29) is 21.6 Å². The summed E-state index contributed by atoms with van der Waals surface area (Å²) in [6.45, 7) is 1.85. The molecule has 104 valence electrons. The van der Waals surface area contributed by atoms with Gasteiger partial charge in [0.05, 0.1) is 15.7 Å². The number of nitrogen functional groups attached to an aromatic ring is 1. The van der Waals surface area contributed by atoms with E-state index in [1.165, 1.54) is 12.1 Å². The lowest BCUT2D eigenvalue weighted by atomic mass is 10.1. The molecular weight excluding hydrogens is 319 g/mol. The number of nitrogens with two attached hydrogens (primary N) is 1. The van der Waals surface area contributed by atoms with Gasteiger partial charge in [0.2, 0.25) is 0 Å². The quantitative estimate of drug-likeness (QED) is 0.778. The van der Waals surface area contributed by atoms with Crippen LogP contribution in [-0.4, -0.2) is 5.91 Å². The van der Waals surface area contributed by atoms with Gasteiger partial charge in [0, 0.05) is 16.3 Å². The number of amides is 1. The Morgan fingerprint density at radius 2 is 1.85 bits per heavy atom. The third-order valence-electron chi connectivity index (χ3n) is 2.76. The van der Waals surface area contributed by atoms with Crippen molar-refractivity contribution in [2.45, 2.75) is 6.92 Å². The van der Waals surface area contributed by atoms with E-state index in [4.69, 9.17) is 40.5 Å². The van der Waals surface area contributed by atoms with Crippen LogP contribution in [0.2, 0.25) is 15.1 Å². The molecule has 0 fully saturated rings. The van der Waals surface area contributed by atoms with E-state index in [2.05, 4.69) is 5.32 Å². The van der Waals surface area contributed by atoms with Crippen LogP contribution in [0, 0.1) is 6.92 Å². The van der Waals surface area contributed by atoms with Crippen molar-refractivity contribution in [2.24, 2.45) is 0 Å². The fourth-order valence-electron chi connectivity index (χ4n) is 1.70. The van der Waals surface area contributed by atoms with Crippen molar-refractivity contribution in [3.8, 4) is 0 Å². The van der Waals surface area contributed by atoms with Gasteiger partial charge in [-0.05, 0) is 42.8 Å². The molecule has 3 nitrogen and oxygen atoms in total. The van der Waals surface area contributed by atoms with Gasteiger partial charge in [-0.1, -0.05) is 34.8 Å². The van der Waals surface area contributed by atoms with Crippen LogP contribution in [0.15, 0.2) is 30.3 Å². The topological polar surface area (TPSA) is 55.1 Å². The summed E-state index contributed by atoms with van der Waals surface area (Å²) in [6.07, 6.45) is 0. The van der Waals surface area contributed by atoms with Crippen molar-refractivity contribution in [1.29, 1.82) is 0 Å². The second-order valence-corrected chi connectivity index (χ2v) is 5.50. The number of hydrogen-bond donors (Lipinski definition) is 2. The summed E-state index contributed by atoms with van der Waals surface area (Å²) in [4.78, 5) is 12.2. The third kappa shape index (κ3) is 3.18. The number of carbonyl (C=O) groups is 1. The summed E-state index contributed by atoms with van der Waals surface area (Å²) in [6, 6.07) is 8.15. The summed E-state index contributed by atoms with van der Waals surface area (Å²) in [5.74, 6) is -0.319. The van der Waals surface area contributed by atoms with Gasteiger partial charge in [0.1, 0.15) is 0 Å². The highest BCUT2D eigenvalue weighted by atomic mass is 35.5. The van der Waals surface area contributed by atoms with E-state index in [1.54, 1.807) is 18.2 Å². The van der Waals surface area contributed by atoms with Gasteiger partial charge in [-0.3, -0.25) is 4.79 Å². The highest BCUT2D eigenvalue weighted by Gasteiger charge is 2.12. The van der Waals surface area contributed by atoms with Crippen molar-refractivity contribution in [3.63, 3.8) is 0 Å². The third-order valence-corrected chi connectivity index (χ3v) is 3.81. The van der Waals surface area contributed by atoms with Gasteiger partial charge in [0.15, 0.2) is 0 Å². The number of benzene rings is 2. The van der Waals surface area contributed by atoms with Gasteiger partial charge in [-0.25, -0.2) is 0 Å². The van der Waals surface area contributed by atoms with Crippen molar-refractivity contribution < 1.29 is 4.79 Å². The van der Waals surface area contributed by atoms with Gasteiger partial charge in [-0.2, -0.15) is 0 Å². The molecule has 0 saturated carbocycles. The Morgan fingerprint density at radius 3 is 2.45 bits per heavy atom. The standard InChI is InChI=1S/C14H11Cl3N2O/c1-7-4-9(15)2-3-12(7)19-14(20)8-5-10(16)13(17)11(18)6-8/h2-6H,18H2,1H3,(H,19,20). The summed E-state index contributed by atoms with van der Waals surface area (Å²) in [5.41, 5.74) is 7.82. The van der Waals surface area contributed by atoms with Crippen molar-refractivity contribution >= 4 is 52.1 Å². The number of nitrogens with one attached hydrogen (secondary N) is 1. The Morgan fingerprint density at radius 1 is 1.15 bits per heavy atom. The van der Waals surface area contributed by atoms with E-state index in [0.717, 1.165) is 5.56 Å². The SMILES string of the molecule is Cc1cc(Cl)ccc1NC(=O)c1cc(N)c(Cl)c(Cl)c1. The molecule has 0 aliphatic carbocycles. The number of aryl methyl sites for hydroxylation is 1. The van der Waals surface area contributed by atoms with Gasteiger partial charge >= 0.3 is 0 Å². The van der Waals surface area contributed by atoms with Gasteiger partial charge in [0.25, 0.3) is 5.91 Å². The molecule has 0 heterocycles. The molecule has 2 aromatic rings. The molecule has 0 bridgehead atoms. The molecule has 20 heavy (non-hydrogen) atoms. The molecule has 0 radical (unpaired) electrons. The van der Waals surface area contributed by atoms with E-state index < -0.39 is 0 Å². The molecule has 0 atom stereocenters. The molecule has 0 aliphatic rings. The highest BCUT2D eigenvalue weighted by molar-refractivity contribution is 6.44. The van der Waals surface area contributed by atoms with Crippen molar-refractivity contribution in [1.82, 2.24) is 0 Å². The second kappa shape index (κ2) is 5.92.